The topological polar surface area (TPSA) is 86.1 Å². The molecule has 0 spiro atoms. The highest BCUT2D eigenvalue weighted by Gasteiger charge is 2.18. The van der Waals surface area contributed by atoms with Crippen molar-refractivity contribution in [3.05, 3.63) is 54.6 Å². The Kier molecular flexibility index (Phi) is 3.81. The van der Waals surface area contributed by atoms with Gasteiger partial charge in [-0.2, -0.15) is 10.2 Å². The molecule has 0 radical (unpaired) electrons. The van der Waals surface area contributed by atoms with E-state index in [0.717, 1.165) is 28.3 Å². The van der Waals surface area contributed by atoms with E-state index in [-0.39, 0.29) is 12.5 Å². The van der Waals surface area contributed by atoms with E-state index in [2.05, 4.69) is 22.0 Å². The molecule has 4 aromatic rings. The fourth-order valence-electron chi connectivity index (χ4n) is 3.03. The van der Waals surface area contributed by atoms with Crippen molar-refractivity contribution in [1.82, 2.24) is 33.9 Å². The molecule has 0 aliphatic carbocycles. The first-order chi connectivity index (χ1) is 12.2. The normalized spacial score (nSPS) is 12.8. The van der Waals surface area contributed by atoms with Crippen molar-refractivity contribution in [2.45, 2.75) is 19.4 Å². The van der Waals surface area contributed by atoms with E-state index in [9.17, 15) is 5.11 Å². The number of aromatic nitrogens is 7. The number of nitrogens with zero attached hydrogens (tertiary/aromatic N) is 7. The third kappa shape index (κ3) is 2.70. The summed E-state index contributed by atoms with van der Waals surface area (Å²) < 4.78 is 5.57. The molecular formula is C17H19N7O. The monoisotopic (exact) mass is 337 g/mol. The Morgan fingerprint density at radius 3 is 2.80 bits per heavy atom. The molecule has 0 fully saturated rings. The van der Waals surface area contributed by atoms with Gasteiger partial charge in [0, 0.05) is 43.2 Å². The van der Waals surface area contributed by atoms with E-state index >= 15 is 0 Å². The summed E-state index contributed by atoms with van der Waals surface area (Å²) in [6.07, 6.45) is 9.13. The fourth-order valence-corrected chi connectivity index (χ4v) is 3.03. The van der Waals surface area contributed by atoms with Crippen LogP contribution in [0.4, 0.5) is 0 Å². The van der Waals surface area contributed by atoms with E-state index in [1.807, 2.05) is 46.9 Å². The quantitative estimate of drug-likeness (QED) is 0.596. The Labute approximate surface area is 144 Å². The van der Waals surface area contributed by atoms with Gasteiger partial charge in [-0.3, -0.25) is 4.68 Å². The van der Waals surface area contributed by atoms with Gasteiger partial charge in [0.2, 0.25) is 0 Å². The van der Waals surface area contributed by atoms with Crippen LogP contribution in [0.1, 0.15) is 24.2 Å². The van der Waals surface area contributed by atoms with Crippen molar-refractivity contribution in [2.75, 3.05) is 6.61 Å². The van der Waals surface area contributed by atoms with Gasteiger partial charge in [-0.25, -0.2) is 14.5 Å². The lowest BCUT2D eigenvalue weighted by atomic mass is 10.1. The van der Waals surface area contributed by atoms with Crippen molar-refractivity contribution in [2.24, 2.45) is 7.05 Å². The van der Waals surface area contributed by atoms with Crippen LogP contribution in [0.25, 0.3) is 16.9 Å². The minimum atomic E-state index is 0.0423. The summed E-state index contributed by atoms with van der Waals surface area (Å²) in [7, 11) is 1.88. The smallest absolute Gasteiger partial charge is 0.153 e. The van der Waals surface area contributed by atoms with Crippen LogP contribution in [-0.4, -0.2) is 45.6 Å². The Morgan fingerprint density at radius 1 is 1.16 bits per heavy atom. The van der Waals surface area contributed by atoms with Gasteiger partial charge in [-0.15, -0.1) is 0 Å². The summed E-state index contributed by atoms with van der Waals surface area (Å²) in [5.74, 6) is 0.0423. The first-order valence-corrected chi connectivity index (χ1v) is 8.12. The SMILES string of the molecule is C[C@@H](c1cncn1CCO)c1cnc2ccc(-c3cnn(C)c3)nn12. The summed E-state index contributed by atoms with van der Waals surface area (Å²) in [4.78, 5) is 8.68. The molecule has 0 saturated heterocycles. The zero-order chi connectivity index (χ0) is 17.4. The molecule has 1 atom stereocenters. The number of hydrogen-bond acceptors (Lipinski definition) is 5. The molecule has 8 heteroatoms. The molecule has 4 heterocycles. The van der Waals surface area contributed by atoms with Crippen LogP contribution in [-0.2, 0) is 13.6 Å². The van der Waals surface area contributed by atoms with E-state index in [1.54, 1.807) is 17.2 Å². The molecule has 128 valence electrons. The number of aliphatic hydroxyl groups is 1. The lowest BCUT2D eigenvalue weighted by molar-refractivity contribution is 0.274. The lowest BCUT2D eigenvalue weighted by Crippen LogP contribution is -2.11. The second-order valence-corrected chi connectivity index (χ2v) is 6.03. The zero-order valence-corrected chi connectivity index (χ0v) is 14.1. The maximum atomic E-state index is 9.22. The molecule has 25 heavy (non-hydrogen) atoms. The standard InChI is InChI=1S/C17H19N7O/c1-12(15-8-18-11-23(15)5-6-25)16-9-19-17-4-3-14(21-24(16)17)13-7-20-22(2)10-13/h3-4,7-12,25H,5-6H2,1-2H3/t12-/m0/s1. The maximum absolute atomic E-state index is 9.22. The van der Waals surface area contributed by atoms with Crippen LogP contribution >= 0.6 is 0 Å². The second-order valence-electron chi connectivity index (χ2n) is 6.03. The molecule has 4 aromatic heterocycles. The number of aryl methyl sites for hydroxylation is 1. The molecule has 0 amide bonds. The van der Waals surface area contributed by atoms with Gasteiger partial charge in [0.15, 0.2) is 5.65 Å². The summed E-state index contributed by atoms with van der Waals surface area (Å²) >= 11 is 0. The molecule has 1 N–H and O–H groups in total. The fraction of sp³-hybridized carbons (Fsp3) is 0.294. The average Bonchev–Trinajstić information content (AvgIpc) is 3.33. The highest BCUT2D eigenvalue weighted by atomic mass is 16.3. The third-order valence-corrected chi connectivity index (χ3v) is 4.36. The van der Waals surface area contributed by atoms with Crippen LogP contribution in [0.15, 0.2) is 43.2 Å². The van der Waals surface area contributed by atoms with Crippen LogP contribution in [0.3, 0.4) is 0 Å². The minimum Gasteiger partial charge on any atom is -0.395 e. The van der Waals surface area contributed by atoms with Crippen LogP contribution in [0.2, 0.25) is 0 Å². The Bertz CT molecular complexity index is 1010. The average molecular weight is 337 g/mol. The van der Waals surface area contributed by atoms with Gasteiger partial charge in [-0.1, -0.05) is 6.92 Å². The molecule has 0 aromatic carbocycles. The van der Waals surface area contributed by atoms with Crippen molar-refractivity contribution in [3.8, 4) is 11.3 Å². The predicted octanol–water partition coefficient (Wildman–Crippen LogP) is 1.47. The van der Waals surface area contributed by atoms with Gasteiger partial charge in [0.25, 0.3) is 0 Å². The minimum absolute atomic E-state index is 0.0423. The van der Waals surface area contributed by atoms with E-state index in [4.69, 9.17) is 5.10 Å². The van der Waals surface area contributed by atoms with Crippen LogP contribution < -0.4 is 0 Å². The Morgan fingerprint density at radius 2 is 2.04 bits per heavy atom. The lowest BCUT2D eigenvalue weighted by Gasteiger charge is -2.13. The van der Waals surface area contributed by atoms with Crippen molar-refractivity contribution in [1.29, 1.82) is 0 Å². The largest absolute Gasteiger partial charge is 0.395 e. The number of hydrogen-bond donors (Lipinski definition) is 1. The van der Waals surface area contributed by atoms with Gasteiger partial charge >= 0.3 is 0 Å². The van der Waals surface area contributed by atoms with Gasteiger partial charge < -0.3 is 9.67 Å². The molecular weight excluding hydrogens is 318 g/mol. The Balaban J connectivity index is 1.78. The number of fused-ring (bicyclic) bond motifs is 1. The highest BCUT2D eigenvalue weighted by molar-refractivity contribution is 5.58. The summed E-state index contributed by atoms with van der Waals surface area (Å²) in [6.45, 7) is 2.68. The van der Waals surface area contributed by atoms with Gasteiger partial charge in [0.1, 0.15) is 0 Å². The molecule has 8 nitrogen and oxygen atoms in total. The first kappa shape index (κ1) is 15.5. The molecule has 0 saturated carbocycles. The number of imidazole rings is 2. The molecule has 0 aliphatic heterocycles. The first-order valence-electron chi connectivity index (χ1n) is 8.12. The summed E-state index contributed by atoms with van der Waals surface area (Å²) in [5, 5.41) is 18.2. The van der Waals surface area contributed by atoms with E-state index in [1.165, 1.54) is 0 Å². The summed E-state index contributed by atoms with van der Waals surface area (Å²) in [5.41, 5.74) is 4.59. The van der Waals surface area contributed by atoms with E-state index in [0.29, 0.717) is 6.54 Å². The van der Waals surface area contributed by atoms with Crippen molar-refractivity contribution < 1.29 is 5.11 Å². The van der Waals surface area contributed by atoms with E-state index < -0.39 is 0 Å². The highest BCUT2D eigenvalue weighted by Crippen LogP contribution is 2.25. The van der Waals surface area contributed by atoms with Crippen LogP contribution in [0.5, 0.6) is 0 Å². The molecule has 0 bridgehead atoms. The van der Waals surface area contributed by atoms with Crippen molar-refractivity contribution in [3.63, 3.8) is 0 Å². The van der Waals surface area contributed by atoms with Gasteiger partial charge in [0.05, 0.1) is 36.7 Å². The maximum Gasteiger partial charge on any atom is 0.153 e. The van der Waals surface area contributed by atoms with Crippen molar-refractivity contribution >= 4 is 5.65 Å². The Hall–Kier alpha value is -3.00. The predicted molar refractivity (Wildman–Crippen MR) is 92.0 cm³/mol. The number of rotatable bonds is 5. The zero-order valence-electron chi connectivity index (χ0n) is 14.1. The summed E-state index contributed by atoms with van der Waals surface area (Å²) in [6, 6.07) is 3.90. The third-order valence-electron chi connectivity index (χ3n) is 4.36. The molecule has 0 unspecified atom stereocenters. The molecule has 4 rings (SSSR count). The van der Waals surface area contributed by atoms with Gasteiger partial charge in [-0.05, 0) is 12.1 Å². The van der Waals surface area contributed by atoms with Crippen LogP contribution in [0, 0.1) is 0 Å². The molecule has 0 aliphatic rings. The number of aliphatic hydroxyl groups excluding tert-OH is 1. The second kappa shape index (κ2) is 6.14.